The number of aliphatic hydroxyl groups is 1. The Morgan fingerprint density at radius 3 is 2.55 bits per heavy atom. The van der Waals surface area contributed by atoms with Crippen LogP contribution in [0.15, 0.2) is 47.8 Å². The van der Waals surface area contributed by atoms with E-state index in [0.717, 1.165) is 37.1 Å². The zero-order chi connectivity index (χ0) is 22.2. The summed E-state index contributed by atoms with van der Waals surface area (Å²) in [5.74, 6) is 0.613. The molecule has 7 heteroatoms. The number of nitrogens with one attached hydrogen (secondary N) is 1. The molecular formula is C24H30N4O3. The normalized spacial score (nSPS) is 24.9. The topological polar surface area (TPSA) is 87.1 Å². The highest BCUT2D eigenvalue weighted by Crippen LogP contribution is 2.35. The molecule has 1 aromatic heterocycles. The molecule has 31 heavy (non-hydrogen) atoms. The Balaban J connectivity index is 1.64. The predicted octanol–water partition coefficient (Wildman–Crippen LogP) is 3.05. The molecule has 0 bridgehead atoms. The van der Waals surface area contributed by atoms with Crippen molar-refractivity contribution in [3.05, 3.63) is 59.3 Å². The molecule has 1 aromatic carbocycles. The highest BCUT2D eigenvalue weighted by molar-refractivity contribution is 6.10. The minimum absolute atomic E-state index is 0.0451. The van der Waals surface area contributed by atoms with Crippen LogP contribution in [0.1, 0.15) is 55.1 Å². The van der Waals surface area contributed by atoms with Crippen molar-refractivity contribution in [3.63, 3.8) is 0 Å². The van der Waals surface area contributed by atoms with E-state index in [1.807, 2.05) is 36.1 Å². The Labute approximate surface area is 183 Å². The van der Waals surface area contributed by atoms with Crippen molar-refractivity contribution in [1.29, 1.82) is 0 Å². The fourth-order valence-electron chi connectivity index (χ4n) is 4.08. The summed E-state index contributed by atoms with van der Waals surface area (Å²) in [5.41, 5.74) is 0.672. The maximum absolute atomic E-state index is 13.6. The van der Waals surface area contributed by atoms with Crippen LogP contribution in [0.5, 0.6) is 0 Å². The number of anilines is 1. The summed E-state index contributed by atoms with van der Waals surface area (Å²) in [6.07, 6.45) is 3.67. The van der Waals surface area contributed by atoms with Crippen LogP contribution >= 0.6 is 0 Å². The Bertz CT molecular complexity index is 992. The van der Waals surface area contributed by atoms with Crippen LogP contribution in [0.3, 0.4) is 0 Å². The van der Waals surface area contributed by atoms with Gasteiger partial charge in [0.25, 0.3) is 5.91 Å². The Hall–Kier alpha value is -2.77. The summed E-state index contributed by atoms with van der Waals surface area (Å²) in [6.45, 7) is 8.98. The third-order valence-electron chi connectivity index (χ3n) is 6.47. The first-order valence-corrected chi connectivity index (χ1v) is 10.8. The van der Waals surface area contributed by atoms with Gasteiger partial charge >= 0.3 is 0 Å². The summed E-state index contributed by atoms with van der Waals surface area (Å²) in [7, 11) is 0. The molecule has 1 amide bonds. The number of rotatable bonds is 4. The lowest BCUT2D eigenvalue weighted by Crippen LogP contribution is -2.50. The molecular weight excluding hydrogens is 392 g/mol. The van der Waals surface area contributed by atoms with Gasteiger partial charge in [0.05, 0.1) is 6.04 Å². The third kappa shape index (κ3) is 3.83. The number of oxime groups is 1. The molecule has 1 fully saturated rings. The lowest BCUT2D eigenvalue weighted by atomic mass is 9.81. The molecule has 0 spiro atoms. The summed E-state index contributed by atoms with van der Waals surface area (Å²) >= 11 is 0. The van der Waals surface area contributed by atoms with Crippen LogP contribution in [0.25, 0.3) is 0 Å². The van der Waals surface area contributed by atoms with E-state index in [-0.39, 0.29) is 11.9 Å². The molecule has 2 atom stereocenters. The minimum atomic E-state index is -1.23. The van der Waals surface area contributed by atoms with Gasteiger partial charge in [0.1, 0.15) is 17.1 Å². The van der Waals surface area contributed by atoms with E-state index >= 15 is 0 Å². The smallest absolute Gasteiger partial charge is 0.259 e. The van der Waals surface area contributed by atoms with Crippen LogP contribution in [-0.2, 0) is 4.84 Å². The van der Waals surface area contributed by atoms with Gasteiger partial charge in [-0.3, -0.25) is 9.69 Å². The molecule has 4 rings (SSSR count). The highest BCUT2D eigenvalue weighted by Gasteiger charge is 2.51. The monoisotopic (exact) mass is 422 g/mol. The molecule has 0 aliphatic carbocycles. The van der Waals surface area contributed by atoms with Crippen molar-refractivity contribution in [2.24, 2.45) is 5.16 Å². The molecule has 0 saturated carbocycles. The van der Waals surface area contributed by atoms with Gasteiger partial charge in [0.2, 0.25) is 0 Å². The summed E-state index contributed by atoms with van der Waals surface area (Å²) in [6, 6.07) is 11.1. The van der Waals surface area contributed by atoms with E-state index in [1.54, 1.807) is 39.1 Å². The van der Waals surface area contributed by atoms with Crippen molar-refractivity contribution < 1.29 is 14.7 Å². The standard InChI is InChI=1S/C24H30N4O3/c1-16-7-5-14-26-21(16)28(19-8-6-13-25-15-19)22(29)18-11-9-17(10-12-18)20-24(4,30)23(2,3)31-27-20/h5,7,9-12,14,19,25,30H,6,8,13,15H2,1-4H3. The second kappa shape index (κ2) is 8.05. The number of hydrogen-bond donors (Lipinski definition) is 2. The van der Waals surface area contributed by atoms with Crippen molar-refractivity contribution in [2.75, 3.05) is 18.0 Å². The maximum atomic E-state index is 13.6. The van der Waals surface area contributed by atoms with Crippen LogP contribution < -0.4 is 10.2 Å². The zero-order valence-electron chi connectivity index (χ0n) is 18.6. The third-order valence-corrected chi connectivity index (χ3v) is 6.47. The average Bonchev–Trinajstić information content (AvgIpc) is 2.97. The first kappa shape index (κ1) is 21.5. The summed E-state index contributed by atoms with van der Waals surface area (Å²) < 4.78 is 0. The SMILES string of the molecule is Cc1cccnc1N(C(=O)c1ccc(C2=NOC(C)(C)C2(C)O)cc1)C1CCCNC1. The van der Waals surface area contributed by atoms with Crippen LogP contribution in [0.4, 0.5) is 5.82 Å². The number of aromatic nitrogens is 1. The fraction of sp³-hybridized carbons (Fsp3) is 0.458. The molecule has 0 radical (unpaired) electrons. The van der Waals surface area contributed by atoms with Gasteiger partial charge in [-0.1, -0.05) is 23.4 Å². The molecule has 2 unspecified atom stereocenters. The van der Waals surface area contributed by atoms with Gasteiger partial charge in [-0.15, -0.1) is 0 Å². The molecule has 2 aromatic rings. The van der Waals surface area contributed by atoms with Gasteiger partial charge in [-0.25, -0.2) is 4.98 Å². The molecule has 3 heterocycles. The number of nitrogens with zero attached hydrogens (tertiary/aromatic N) is 3. The molecule has 2 aliphatic rings. The molecule has 2 N–H and O–H groups in total. The van der Waals surface area contributed by atoms with Gasteiger partial charge in [-0.2, -0.15) is 0 Å². The number of benzene rings is 1. The Morgan fingerprint density at radius 2 is 1.97 bits per heavy atom. The number of aryl methyl sites for hydroxylation is 1. The second-order valence-electron chi connectivity index (χ2n) is 9.01. The average molecular weight is 423 g/mol. The number of hydrogen-bond acceptors (Lipinski definition) is 6. The van der Waals surface area contributed by atoms with E-state index in [9.17, 15) is 9.90 Å². The van der Waals surface area contributed by atoms with E-state index in [4.69, 9.17) is 4.84 Å². The number of carbonyl (C=O) groups is 1. The van der Waals surface area contributed by atoms with Crippen LogP contribution in [-0.4, -0.2) is 52.0 Å². The van der Waals surface area contributed by atoms with E-state index < -0.39 is 11.2 Å². The van der Waals surface area contributed by atoms with Crippen LogP contribution in [0, 0.1) is 6.92 Å². The molecule has 2 aliphatic heterocycles. The summed E-state index contributed by atoms with van der Waals surface area (Å²) in [4.78, 5) is 25.4. The Morgan fingerprint density at radius 1 is 1.23 bits per heavy atom. The number of carbonyl (C=O) groups excluding carboxylic acids is 1. The lowest BCUT2D eigenvalue weighted by Gasteiger charge is -2.35. The number of piperidine rings is 1. The molecule has 7 nitrogen and oxygen atoms in total. The quantitative estimate of drug-likeness (QED) is 0.791. The van der Waals surface area contributed by atoms with Gasteiger partial charge < -0.3 is 15.3 Å². The maximum Gasteiger partial charge on any atom is 0.259 e. The van der Waals surface area contributed by atoms with Crippen molar-refractivity contribution in [1.82, 2.24) is 10.3 Å². The van der Waals surface area contributed by atoms with Gasteiger partial charge in [0, 0.05) is 23.9 Å². The number of pyridine rings is 1. The van der Waals surface area contributed by atoms with Crippen molar-refractivity contribution >= 4 is 17.4 Å². The predicted molar refractivity (Wildman–Crippen MR) is 120 cm³/mol. The van der Waals surface area contributed by atoms with Gasteiger partial charge in [-0.05, 0) is 70.8 Å². The highest BCUT2D eigenvalue weighted by atomic mass is 16.7. The lowest BCUT2D eigenvalue weighted by molar-refractivity contribution is -0.0936. The second-order valence-corrected chi connectivity index (χ2v) is 9.01. The van der Waals surface area contributed by atoms with E-state index in [2.05, 4.69) is 15.5 Å². The first-order valence-electron chi connectivity index (χ1n) is 10.8. The Kier molecular flexibility index (Phi) is 5.58. The first-order chi connectivity index (χ1) is 14.7. The largest absolute Gasteiger partial charge is 0.386 e. The molecule has 1 saturated heterocycles. The minimum Gasteiger partial charge on any atom is -0.386 e. The van der Waals surface area contributed by atoms with Crippen molar-refractivity contribution in [2.45, 2.75) is 57.8 Å². The van der Waals surface area contributed by atoms with Gasteiger partial charge in [0.15, 0.2) is 5.60 Å². The van der Waals surface area contributed by atoms with Crippen molar-refractivity contribution in [3.8, 4) is 0 Å². The number of amides is 1. The van der Waals surface area contributed by atoms with Crippen LogP contribution in [0.2, 0.25) is 0 Å². The van der Waals surface area contributed by atoms with E-state index in [0.29, 0.717) is 17.1 Å². The summed E-state index contributed by atoms with van der Waals surface area (Å²) in [5, 5.41) is 18.4. The van der Waals surface area contributed by atoms with E-state index in [1.165, 1.54) is 0 Å². The fourth-order valence-corrected chi connectivity index (χ4v) is 4.08. The zero-order valence-corrected chi connectivity index (χ0v) is 18.6. The molecule has 164 valence electrons.